The Kier molecular flexibility index (Phi) is 3.13. The first-order chi connectivity index (χ1) is 10.1. The molecule has 0 saturated carbocycles. The van der Waals surface area contributed by atoms with Crippen molar-refractivity contribution in [2.24, 2.45) is 0 Å². The van der Waals surface area contributed by atoms with E-state index in [1.54, 1.807) is 18.2 Å². The summed E-state index contributed by atoms with van der Waals surface area (Å²) in [6.45, 7) is 0. The second-order valence-electron chi connectivity index (χ2n) is 5.00. The van der Waals surface area contributed by atoms with Crippen LogP contribution in [0.5, 0.6) is 0 Å². The number of aromatic nitrogens is 1. The lowest BCUT2D eigenvalue weighted by Gasteiger charge is -2.15. The molecule has 0 spiro atoms. The second-order valence-corrected chi connectivity index (χ2v) is 5.00. The molecule has 0 radical (unpaired) electrons. The molecule has 0 saturated heterocycles. The van der Waals surface area contributed by atoms with Crippen LogP contribution < -0.4 is 4.73 Å². The maximum absolute atomic E-state index is 12.0. The van der Waals surface area contributed by atoms with Crippen LogP contribution >= 0.6 is 0 Å². The van der Waals surface area contributed by atoms with E-state index in [2.05, 4.69) is 0 Å². The van der Waals surface area contributed by atoms with E-state index in [0.29, 0.717) is 41.6 Å². The average Bonchev–Trinajstić information content (AvgIpc) is 2.48. The molecule has 1 aromatic carbocycles. The molecule has 0 unspecified atom stereocenters. The molecule has 2 aromatic rings. The van der Waals surface area contributed by atoms with E-state index in [-0.39, 0.29) is 11.5 Å². The number of hydrogen-bond acceptors (Lipinski definition) is 4. The third-order valence-electron chi connectivity index (χ3n) is 3.66. The van der Waals surface area contributed by atoms with Crippen molar-refractivity contribution in [3.63, 3.8) is 0 Å². The predicted molar refractivity (Wildman–Crippen MR) is 74.8 cm³/mol. The summed E-state index contributed by atoms with van der Waals surface area (Å²) < 4.78 is 0.739. The largest absolute Gasteiger partial charge is 0.618 e. The molecule has 0 atom stereocenters. The van der Waals surface area contributed by atoms with E-state index in [0.717, 1.165) is 4.73 Å². The summed E-state index contributed by atoms with van der Waals surface area (Å²) in [7, 11) is 0. The smallest absolute Gasteiger partial charge is 0.269 e. The van der Waals surface area contributed by atoms with Crippen molar-refractivity contribution in [3.8, 4) is 11.1 Å². The van der Waals surface area contributed by atoms with Crippen molar-refractivity contribution in [1.82, 2.24) is 0 Å². The molecule has 6 nitrogen and oxygen atoms in total. The van der Waals surface area contributed by atoms with Crippen LogP contribution in [-0.2, 0) is 6.42 Å². The number of Topliss-reactive ketones (excluding diaryl/α,β-unsaturated/α-hetero) is 1. The Morgan fingerprint density at radius 3 is 2.48 bits per heavy atom. The Balaban J connectivity index is 2.07. The van der Waals surface area contributed by atoms with Gasteiger partial charge >= 0.3 is 0 Å². The van der Waals surface area contributed by atoms with E-state index in [1.807, 2.05) is 0 Å². The number of benzene rings is 1. The SMILES string of the molecule is O=C1CCCc2c1cc(-c1ccc([N+](=O)[O-])cc1)c[n+]2[O-]. The topological polar surface area (TPSA) is 87.1 Å². The molecule has 106 valence electrons. The van der Waals surface area contributed by atoms with Crippen LogP contribution in [0.4, 0.5) is 5.69 Å². The summed E-state index contributed by atoms with van der Waals surface area (Å²) in [6.07, 6.45) is 3.17. The van der Waals surface area contributed by atoms with Crippen molar-refractivity contribution in [1.29, 1.82) is 0 Å². The number of pyridine rings is 1. The number of nitro benzene ring substituents is 1. The quantitative estimate of drug-likeness (QED) is 0.366. The number of non-ortho nitro benzene ring substituents is 1. The van der Waals surface area contributed by atoms with Crippen LogP contribution in [0.1, 0.15) is 28.9 Å². The van der Waals surface area contributed by atoms with Gasteiger partial charge in [-0.15, -0.1) is 0 Å². The van der Waals surface area contributed by atoms with Gasteiger partial charge in [0.2, 0.25) is 5.69 Å². The zero-order chi connectivity index (χ0) is 15.0. The van der Waals surface area contributed by atoms with Crippen molar-refractivity contribution < 1.29 is 14.4 Å². The number of rotatable bonds is 2. The van der Waals surface area contributed by atoms with Crippen LogP contribution in [0.3, 0.4) is 0 Å². The van der Waals surface area contributed by atoms with Gasteiger partial charge in [0.15, 0.2) is 12.0 Å². The lowest BCUT2D eigenvalue weighted by molar-refractivity contribution is -0.613. The standard InChI is InChI=1S/C15H12N2O4/c18-15-3-1-2-14-13(15)8-11(9-16(14)19)10-4-6-12(7-5-10)17(20)21/h4-9H,1-3H2. The predicted octanol–water partition coefficient (Wildman–Crippen LogP) is 2.41. The van der Waals surface area contributed by atoms with Gasteiger partial charge in [0.1, 0.15) is 0 Å². The van der Waals surface area contributed by atoms with Crippen molar-refractivity contribution >= 4 is 11.5 Å². The lowest BCUT2D eigenvalue weighted by Crippen LogP contribution is -2.36. The monoisotopic (exact) mass is 284 g/mol. The highest BCUT2D eigenvalue weighted by atomic mass is 16.6. The summed E-state index contributed by atoms with van der Waals surface area (Å²) in [5, 5.41) is 22.7. The highest BCUT2D eigenvalue weighted by Crippen LogP contribution is 2.26. The van der Waals surface area contributed by atoms with E-state index >= 15 is 0 Å². The highest BCUT2D eigenvalue weighted by Gasteiger charge is 2.25. The number of ketones is 1. The third kappa shape index (κ3) is 2.35. The maximum atomic E-state index is 12.0. The summed E-state index contributed by atoms with van der Waals surface area (Å²) in [6, 6.07) is 7.62. The molecule has 1 aromatic heterocycles. The van der Waals surface area contributed by atoms with Crippen molar-refractivity contribution in [2.75, 3.05) is 0 Å². The van der Waals surface area contributed by atoms with Gasteiger partial charge in [-0.2, -0.15) is 4.73 Å². The minimum Gasteiger partial charge on any atom is -0.618 e. The van der Waals surface area contributed by atoms with Gasteiger partial charge in [-0.3, -0.25) is 14.9 Å². The number of fused-ring (bicyclic) bond motifs is 1. The van der Waals surface area contributed by atoms with Gasteiger partial charge < -0.3 is 5.21 Å². The fourth-order valence-corrected chi connectivity index (χ4v) is 2.57. The molecular weight excluding hydrogens is 272 g/mol. The normalized spacial score (nSPS) is 13.8. The van der Waals surface area contributed by atoms with Crippen LogP contribution in [-0.4, -0.2) is 10.7 Å². The first kappa shape index (κ1) is 13.2. The fourth-order valence-electron chi connectivity index (χ4n) is 2.57. The van der Waals surface area contributed by atoms with Crippen LogP contribution in [0.25, 0.3) is 11.1 Å². The second kappa shape index (κ2) is 4.97. The van der Waals surface area contributed by atoms with Crippen molar-refractivity contribution in [3.05, 3.63) is 63.1 Å². The highest BCUT2D eigenvalue weighted by molar-refractivity contribution is 5.98. The number of hydrogen-bond donors (Lipinski definition) is 0. The molecule has 0 fully saturated rings. The zero-order valence-corrected chi connectivity index (χ0v) is 11.1. The van der Waals surface area contributed by atoms with Gasteiger partial charge in [0, 0.05) is 30.5 Å². The first-order valence-electron chi connectivity index (χ1n) is 6.60. The minimum absolute atomic E-state index is 0.0113. The molecule has 0 aliphatic heterocycles. The Labute approximate surface area is 120 Å². The van der Waals surface area contributed by atoms with Crippen LogP contribution in [0.15, 0.2) is 36.5 Å². The number of nitro groups is 1. The summed E-state index contributed by atoms with van der Waals surface area (Å²) in [5.41, 5.74) is 2.23. The number of carbonyl (C=O) groups excluding carboxylic acids is 1. The molecule has 6 heteroatoms. The van der Waals surface area contributed by atoms with Gasteiger partial charge in [-0.05, 0) is 30.2 Å². The van der Waals surface area contributed by atoms with Gasteiger partial charge in [-0.25, -0.2) is 0 Å². The summed E-state index contributed by atoms with van der Waals surface area (Å²) in [5.74, 6) is -0.0235. The van der Waals surface area contributed by atoms with E-state index < -0.39 is 4.92 Å². The van der Waals surface area contributed by atoms with E-state index in [1.165, 1.54) is 18.3 Å². The maximum Gasteiger partial charge on any atom is 0.269 e. The third-order valence-corrected chi connectivity index (χ3v) is 3.66. The summed E-state index contributed by atoms with van der Waals surface area (Å²) >= 11 is 0. The molecule has 3 rings (SSSR count). The molecule has 1 heterocycles. The van der Waals surface area contributed by atoms with Crippen LogP contribution in [0.2, 0.25) is 0 Å². The lowest BCUT2D eigenvalue weighted by atomic mass is 9.92. The van der Waals surface area contributed by atoms with Gasteiger partial charge in [0.25, 0.3) is 5.69 Å². The zero-order valence-electron chi connectivity index (χ0n) is 11.1. The Morgan fingerprint density at radius 1 is 1.10 bits per heavy atom. The van der Waals surface area contributed by atoms with Gasteiger partial charge in [-0.1, -0.05) is 0 Å². The molecule has 21 heavy (non-hydrogen) atoms. The number of nitrogens with zero attached hydrogens (tertiary/aromatic N) is 2. The molecule has 0 N–H and O–H groups in total. The van der Waals surface area contributed by atoms with E-state index in [9.17, 15) is 20.1 Å². The van der Waals surface area contributed by atoms with Gasteiger partial charge in [0.05, 0.1) is 10.5 Å². The number of carbonyl (C=O) groups is 1. The summed E-state index contributed by atoms with van der Waals surface area (Å²) in [4.78, 5) is 22.1. The molecular formula is C15H12N2O4. The van der Waals surface area contributed by atoms with Crippen molar-refractivity contribution in [2.45, 2.75) is 19.3 Å². The molecule has 1 aliphatic rings. The Bertz CT molecular complexity index is 738. The Morgan fingerprint density at radius 2 is 1.81 bits per heavy atom. The molecule has 0 bridgehead atoms. The first-order valence-corrected chi connectivity index (χ1v) is 6.60. The minimum atomic E-state index is -0.478. The molecule has 0 amide bonds. The fraction of sp³-hybridized carbons (Fsp3) is 0.200. The van der Waals surface area contributed by atoms with E-state index in [4.69, 9.17) is 0 Å². The average molecular weight is 284 g/mol. The molecule has 1 aliphatic carbocycles. The van der Waals surface area contributed by atoms with Crippen LogP contribution in [0, 0.1) is 15.3 Å². The Hall–Kier alpha value is -2.76.